The Morgan fingerprint density at radius 3 is 3.00 bits per heavy atom. The molecule has 0 atom stereocenters. The molecule has 16 heavy (non-hydrogen) atoms. The van der Waals surface area contributed by atoms with E-state index in [0.717, 1.165) is 36.4 Å². The quantitative estimate of drug-likeness (QED) is 0.779. The van der Waals surface area contributed by atoms with Crippen molar-refractivity contribution in [2.45, 2.75) is 32.0 Å². The molecule has 0 aliphatic heterocycles. The van der Waals surface area contributed by atoms with Gasteiger partial charge in [-0.05, 0) is 12.8 Å². The third-order valence-electron chi connectivity index (χ3n) is 2.78. The molecule has 0 saturated heterocycles. The lowest BCUT2D eigenvalue weighted by Crippen LogP contribution is -2.29. The van der Waals surface area contributed by atoms with Gasteiger partial charge in [-0.2, -0.15) is 0 Å². The van der Waals surface area contributed by atoms with Crippen molar-refractivity contribution >= 4 is 11.3 Å². The highest BCUT2D eigenvalue weighted by Gasteiger charge is 2.28. The normalized spacial score (nSPS) is 15.9. The van der Waals surface area contributed by atoms with Crippen LogP contribution in [-0.2, 0) is 17.8 Å². The summed E-state index contributed by atoms with van der Waals surface area (Å²) in [6.45, 7) is 3.28. The number of aromatic nitrogens is 1. The monoisotopic (exact) mass is 241 g/mol. The molecule has 0 radical (unpaired) electrons. The Balaban J connectivity index is 1.88. The molecule has 0 unspecified atom stereocenters. The fraction of sp³-hybridized carbons (Fsp3) is 0.727. The molecule has 2 N–H and O–H groups in total. The lowest BCUT2D eigenvalue weighted by molar-refractivity contribution is 0.139. The van der Waals surface area contributed by atoms with Gasteiger partial charge in [0.1, 0.15) is 5.01 Å². The van der Waals surface area contributed by atoms with Gasteiger partial charge >= 0.3 is 0 Å². The van der Waals surface area contributed by atoms with E-state index >= 15 is 0 Å². The SMILES string of the molecule is COCCN(Cc1csc(CN)n1)C1CC1. The van der Waals surface area contributed by atoms with Crippen LogP contribution in [0, 0.1) is 0 Å². The Morgan fingerprint density at radius 2 is 2.44 bits per heavy atom. The maximum atomic E-state index is 5.56. The van der Waals surface area contributed by atoms with E-state index in [1.54, 1.807) is 18.4 Å². The number of methoxy groups -OCH3 is 1. The van der Waals surface area contributed by atoms with Gasteiger partial charge in [0.15, 0.2) is 0 Å². The van der Waals surface area contributed by atoms with Crippen LogP contribution >= 0.6 is 11.3 Å². The predicted molar refractivity (Wildman–Crippen MR) is 65.3 cm³/mol. The number of ether oxygens (including phenoxy) is 1. The topological polar surface area (TPSA) is 51.4 Å². The smallest absolute Gasteiger partial charge is 0.106 e. The van der Waals surface area contributed by atoms with Crippen molar-refractivity contribution in [3.8, 4) is 0 Å². The molecule has 1 aromatic heterocycles. The number of hydrogen-bond acceptors (Lipinski definition) is 5. The highest BCUT2D eigenvalue weighted by Crippen LogP contribution is 2.28. The van der Waals surface area contributed by atoms with Crippen molar-refractivity contribution in [1.29, 1.82) is 0 Å². The highest BCUT2D eigenvalue weighted by atomic mass is 32.1. The third-order valence-corrected chi connectivity index (χ3v) is 3.70. The summed E-state index contributed by atoms with van der Waals surface area (Å²) in [5, 5.41) is 3.14. The highest BCUT2D eigenvalue weighted by molar-refractivity contribution is 7.09. The predicted octanol–water partition coefficient (Wildman–Crippen LogP) is 1.21. The minimum absolute atomic E-state index is 0.548. The summed E-state index contributed by atoms with van der Waals surface area (Å²) in [4.78, 5) is 6.96. The molecule has 0 aromatic carbocycles. The summed E-state index contributed by atoms with van der Waals surface area (Å²) < 4.78 is 5.13. The molecule has 1 aliphatic carbocycles. The lowest BCUT2D eigenvalue weighted by atomic mass is 10.4. The Labute approximate surface area is 100 Å². The molecule has 1 aliphatic rings. The summed E-state index contributed by atoms with van der Waals surface area (Å²) in [5.41, 5.74) is 6.71. The van der Waals surface area contributed by atoms with E-state index in [1.807, 2.05) is 0 Å². The van der Waals surface area contributed by atoms with E-state index in [9.17, 15) is 0 Å². The van der Waals surface area contributed by atoms with Crippen LogP contribution in [0.4, 0.5) is 0 Å². The molecule has 4 nitrogen and oxygen atoms in total. The van der Waals surface area contributed by atoms with Crippen LogP contribution in [0.3, 0.4) is 0 Å². The Hall–Kier alpha value is -0.490. The number of hydrogen-bond donors (Lipinski definition) is 1. The average molecular weight is 241 g/mol. The van der Waals surface area contributed by atoms with Gasteiger partial charge in [0.2, 0.25) is 0 Å². The van der Waals surface area contributed by atoms with Gasteiger partial charge in [0.05, 0.1) is 12.3 Å². The molecule has 1 aromatic rings. The molecule has 90 valence electrons. The fourth-order valence-electron chi connectivity index (χ4n) is 1.76. The first kappa shape index (κ1) is 12.0. The first-order valence-corrected chi connectivity index (χ1v) is 6.57. The van der Waals surface area contributed by atoms with Gasteiger partial charge in [-0.25, -0.2) is 4.98 Å². The molecule has 1 saturated carbocycles. The summed E-state index contributed by atoms with van der Waals surface area (Å²) in [7, 11) is 1.75. The Bertz CT molecular complexity index is 325. The van der Waals surface area contributed by atoms with Gasteiger partial charge in [-0.15, -0.1) is 11.3 Å². The van der Waals surface area contributed by atoms with Crippen LogP contribution in [0.2, 0.25) is 0 Å². The van der Waals surface area contributed by atoms with Crippen molar-refractivity contribution in [2.24, 2.45) is 5.73 Å². The lowest BCUT2D eigenvalue weighted by Gasteiger charge is -2.20. The molecule has 0 bridgehead atoms. The van der Waals surface area contributed by atoms with Crippen LogP contribution in [0.15, 0.2) is 5.38 Å². The average Bonchev–Trinajstić information content (AvgIpc) is 3.05. The van der Waals surface area contributed by atoms with Gasteiger partial charge in [-0.3, -0.25) is 4.90 Å². The summed E-state index contributed by atoms with van der Waals surface area (Å²) in [5.74, 6) is 0. The van der Waals surface area contributed by atoms with Crippen LogP contribution in [0.5, 0.6) is 0 Å². The molecule has 1 fully saturated rings. The van der Waals surface area contributed by atoms with Crippen molar-refractivity contribution in [3.63, 3.8) is 0 Å². The number of thiazole rings is 1. The van der Waals surface area contributed by atoms with Gasteiger partial charge in [0, 0.05) is 38.2 Å². The van der Waals surface area contributed by atoms with Crippen molar-refractivity contribution < 1.29 is 4.74 Å². The van der Waals surface area contributed by atoms with E-state index in [4.69, 9.17) is 10.5 Å². The maximum Gasteiger partial charge on any atom is 0.106 e. The fourth-order valence-corrected chi connectivity index (χ4v) is 2.43. The van der Waals surface area contributed by atoms with E-state index in [1.165, 1.54) is 12.8 Å². The van der Waals surface area contributed by atoms with E-state index < -0.39 is 0 Å². The maximum absolute atomic E-state index is 5.56. The zero-order valence-electron chi connectivity index (χ0n) is 9.69. The first-order valence-electron chi connectivity index (χ1n) is 5.70. The minimum Gasteiger partial charge on any atom is -0.383 e. The van der Waals surface area contributed by atoms with Crippen LogP contribution in [0.1, 0.15) is 23.5 Å². The Morgan fingerprint density at radius 1 is 1.62 bits per heavy atom. The number of nitrogens with two attached hydrogens (primary N) is 1. The van der Waals surface area contributed by atoms with Crippen molar-refractivity contribution in [3.05, 3.63) is 16.1 Å². The second-order valence-electron chi connectivity index (χ2n) is 4.13. The van der Waals surface area contributed by atoms with Crippen LogP contribution in [-0.4, -0.2) is 36.2 Å². The zero-order chi connectivity index (χ0) is 11.4. The molecular formula is C11H19N3OS. The Kier molecular flexibility index (Phi) is 4.29. The van der Waals surface area contributed by atoms with E-state index in [2.05, 4.69) is 15.3 Å². The molecular weight excluding hydrogens is 222 g/mol. The van der Waals surface area contributed by atoms with Gasteiger partial charge in [-0.1, -0.05) is 0 Å². The molecule has 1 heterocycles. The molecule has 0 spiro atoms. The first-order chi connectivity index (χ1) is 7.83. The number of nitrogens with zero attached hydrogens (tertiary/aromatic N) is 2. The van der Waals surface area contributed by atoms with Crippen molar-refractivity contribution in [2.75, 3.05) is 20.3 Å². The summed E-state index contributed by atoms with van der Waals surface area (Å²) in [6.07, 6.45) is 2.63. The zero-order valence-corrected chi connectivity index (χ0v) is 10.5. The van der Waals surface area contributed by atoms with E-state index in [0.29, 0.717) is 6.54 Å². The van der Waals surface area contributed by atoms with E-state index in [-0.39, 0.29) is 0 Å². The summed E-state index contributed by atoms with van der Waals surface area (Å²) in [6, 6.07) is 0.748. The molecule has 2 rings (SSSR count). The molecule has 0 amide bonds. The van der Waals surface area contributed by atoms with Crippen LogP contribution < -0.4 is 5.73 Å². The third kappa shape index (κ3) is 3.25. The summed E-state index contributed by atoms with van der Waals surface area (Å²) >= 11 is 1.65. The van der Waals surface area contributed by atoms with Crippen LogP contribution in [0.25, 0.3) is 0 Å². The second-order valence-corrected chi connectivity index (χ2v) is 5.07. The standard InChI is InChI=1S/C11H19N3OS/c1-15-5-4-14(10-2-3-10)7-9-8-16-11(6-12)13-9/h8,10H,2-7,12H2,1H3. The number of rotatable bonds is 7. The second kappa shape index (κ2) is 5.72. The van der Waals surface area contributed by atoms with Crippen molar-refractivity contribution in [1.82, 2.24) is 9.88 Å². The largest absolute Gasteiger partial charge is 0.383 e. The van der Waals surface area contributed by atoms with Gasteiger partial charge in [0.25, 0.3) is 0 Å². The van der Waals surface area contributed by atoms with Gasteiger partial charge < -0.3 is 10.5 Å². The molecule has 5 heteroatoms. The minimum atomic E-state index is 0.548.